The largest absolute Gasteiger partial charge is 0.311 e. The molecule has 4 nitrogen and oxygen atoms in total. The number of carbonyl (C=O) groups excluding carboxylic acids is 1. The van der Waals surface area contributed by atoms with Gasteiger partial charge in [0.25, 0.3) is 0 Å². The highest BCUT2D eigenvalue weighted by atomic mass is 32.2. The summed E-state index contributed by atoms with van der Waals surface area (Å²) < 4.78 is 0. The molecule has 144 valence electrons. The summed E-state index contributed by atoms with van der Waals surface area (Å²) in [6.45, 7) is 2.80. The Kier molecular flexibility index (Phi) is 5.68. The zero-order valence-corrected chi connectivity index (χ0v) is 17.1. The average Bonchev–Trinajstić information content (AvgIpc) is 2.76. The van der Waals surface area contributed by atoms with Gasteiger partial charge in [0.05, 0.1) is 10.8 Å². The van der Waals surface area contributed by atoms with Crippen LogP contribution in [0.4, 0.5) is 5.69 Å². The third-order valence-corrected chi connectivity index (χ3v) is 7.02. The number of amides is 1. The van der Waals surface area contributed by atoms with E-state index in [1.807, 2.05) is 36.1 Å². The second-order valence-electron chi connectivity index (χ2n) is 7.50. The molecule has 0 radical (unpaired) electrons. The monoisotopic (exact) mass is 391 g/mol. The standard InChI is InChI=1S/C23H25N3OS/c1-2-21(23(27)26-13-7-10-16-8-4-6-12-20(16)26)28-22-18(15-24)14-17-9-3-5-11-19(17)25-22/h4,6,8,12,14,21H,2-3,5,7,9-11,13H2,1H3. The molecule has 0 saturated heterocycles. The van der Waals surface area contributed by atoms with Crippen molar-refractivity contribution in [1.29, 1.82) is 5.26 Å². The predicted octanol–water partition coefficient (Wildman–Crippen LogP) is 4.68. The van der Waals surface area contributed by atoms with Gasteiger partial charge in [-0.2, -0.15) is 5.26 Å². The second kappa shape index (κ2) is 8.36. The average molecular weight is 392 g/mol. The summed E-state index contributed by atoms with van der Waals surface area (Å²) in [7, 11) is 0. The van der Waals surface area contributed by atoms with Gasteiger partial charge in [-0.3, -0.25) is 4.79 Å². The summed E-state index contributed by atoms with van der Waals surface area (Å²) in [5.74, 6) is 0.128. The van der Waals surface area contributed by atoms with Gasteiger partial charge < -0.3 is 4.90 Å². The van der Waals surface area contributed by atoms with Gasteiger partial charge in [-0.05, 0) is 68.2 Å². The van der Waals surface area contributed by atoms with Gasteiger partial charge in [0.1, 0.15) is 11.1 Å². The van der Waals surface area contributed by atoms with Crippen molar-refractivity contribution >= 4 is 23.4 Å². The molecule has 4 rings (SSSR count). The van der Waals surface area contributed by atoms with E-state index in [9.17, 15) is 10.1 Å². The summed E-state index contributed by atoms with van der Waals surface area (Å²) in [6.07, 6.45) is 7.01. The number of benzene rings is 1. The fraction of sp³-hybridized carbons (Fsp3) is 0.435. The SMILES string of the molecule is CCC(Sc1nc2c(cc1C#N)CCCC2)C(=O)N1CCCc2ccccc21. The van der Waals surface area contributed by atoms with E-state index in [1.54, 1.807) is 0 Å². The number of hydrogen-bond donors (Lipinski definition) is 0. The highest BCUT2D eigenvalue weighted by molar-refractivity contribution is 8.00. The van der Waals surface area contributed by atoms with E-state index in [2.05, 4.69) is 12.1 Å². The first-order valence-electron chi connectivity index (χ1n) is 10.2. The van der Waals surface area contributed by atoms with E-state index in [0.717, 1.165) is 56.5 Å². The van der Waals surface area contributed by atoms with Crippen molar-refractivity contribution in [1.82, 2.24) is 4.98 Å². The third-order valence-electron chi connectivity index (χ3n) is 5.66. The Morgan fingerprint density at radius 2 is 2.00 bits per heavy atom. The molecule has 0 fully saturated rings. The molecular weight excluding hydrogens is 366 g/mol. The van der Waals surface area contributed by atoms with E-state index in [0.29, 0.717) is 17.0 Å². The lowest BCUT2D eigenvalue weighted by atomic mass is 9.95. The van der Waals surface area contributed by atoms with Gasteiger partial charge in [-0.25, -0.2) is 4.98 Å². The molecule has 1 atom stereocenters. The Balaban J connectivity index is 1.61. The van der Waals surface area contributed by atoms with E-state index in [4.69, 9.17) is 4.98 Å². The molecule has 1 aliphatic carbocycles. The molecule has 5 heteroatoms. The quantitative estimate of drug-likeness (QED) is 0.710. The number of fused-ring (bicyclic) bond motifs is 2. The Hall–Kier alpha value is -2.32. The first kappa shape index (κ1) is 19.0. The number of anilines is 1. The molecule has 0 spiro atoms. The molecule has 0 N–H and O–H groups in total. The number of thioether (sulfide) groups is 1. The van der Waals surface area contributed by atoms with Crippen LogP contribution in [0.2, 0.25) is 0 Å². The van der Waals surface area contributed by atoms with Crippen molar-refractivity contribution in [2.45, 2.75) is 62.1 Å². The van der Waals surface area contributed by atoms with E-state index in [-0.39, 0.29) is 11.2 Å². The zero-order valence-electron chi connectivity index (χ0n) is 16.3. The highest BCUT2D eigenvalue weighted by Gasteiger charge is 2.29. The number of para-hydroxylation sites is 1. The smallest absolute Gasteiger partial charge is 0.240 e. The van der Waals surface area contributed by atoms with E-state index < -0.39 is 0 Å². The first-order valence-corrected chi connectivity index (χ1v) is 11.1. The van der Waals surface area contributed by atoms with Gasteiger partial charge in [-0.1, -0.05) is 36.9 Å². The van der Waals surface area contributed by atoms with Crippen LogP contribution in [0.1, 0.15) is 55.0 Å². The molecule has 1 aliphatic heterocycles. The molecule has 2 aliphatic rings. The Morgan fingerprint density at radius 3 is 2.82 bits per heavy atom. The minimum atomic E-state index is -0.229. The lowest BCUT2D eigenvalue weighted by Crippen LogP contribution is -2.41. The number of rotatable bonds is 4. The number of hydrogen-bond acceptors (Lipinski definition) is 4. The summed E-state index contributed by atoms with van der Waals surface area (Å²) >= 11 is 1.46. The zero-order chi connectivity index (χ0) is 19.5. The number of aryl methyl sites for hydroxylation is 3. The number of nitriles is 1. The molecule has 1 unspecified atom stereocenters. The van der Waals surface area contributed by atoms with Crippen LogP contribution in [0.5, 0.6) is 0 Å². The van der Waals surface area contributed by atoms with Gasteiger partial charge in [0.15, 0.2) is 0 Å². The summed E-state index contributed by atoms with van der Waals surface area (Å²) in [5, 5.41) is 10.1. The molecule has 28 heavy (non-hydrogen) atoms. The Bertz CT molecular complexity index is 934. The number of pyridine rings is 1. The molecule has 2 aromatic rings. The van der Waals surface area contributed by atoms with Crippen molar-refractivity contribution in [3.63, 3.8) is 0 Å². The van der Waals surface area contributed by atoms with Crippen LogP contribution in [0, 0.1) is 11.3 Å². The fourth-order valence-corrected chi connectivity index (χ4v) is 5.22. The van der Waals surface area contributed by atoms with Crippen molar-refractivity contribution < 1.29 is 4.79 Å². The van der Waals surface area contributed by atoms with E-state index >= 15 is 0 Å². The van der Waals surface area contributed by atoms with Crippen molar-refractivity contribution in [2.75, 3.05) is 11.4 Å². The van der Waals surface area contributed by atoms with E-state index in [1.165, 1.54) is 22.9 Å². The highest BCUT2D eigenvalue weighted by Crippen LogP contribution is 2.34. The number of aromatic nitrogens is 1. The van der Waals surface area contributed by atoms with Crippen molar-refractivity contribution in [3.8, 4) is 6.07 Å². The lowest BCUT2D eigenvalue weighted by Gasteiger charge is -2.32. The molecule has 1 amide bonds. The minimum absolute atomic E-state index is 0.128. The van der Waals surface area contributed by atoms with Gasteiger partial charge in [0, 0.05) is 17.9 Å². The van der Waals surface area contributed by atoms with Crippen LogP contribution in [-0.4, -0.2) is 22.7 Å². The van der Waals surface area contributed by atoms with Gasteiger partial charge in [0.2, 0.25) is 5.91 Å². The summed E-state index contributed by atoms with van der Waals surface area (Å²) in [5.41, 5.74) is 5.20. The van der Waals surface area contributed by atoms with Crippen molar-refractivity contribution in [3.05, 3.63) is 52.7 Å². The fourth-order valence-electron chi connectivity index (χ4n) is 4.16. The summed E-state index contributed by atoms with van der Waals surface area (Å²) in [6, 6.07) is 12.5. The van der Waals surface area contributed by atoms with Gasteiger partial charge in [-0.15, -0.1) is 0 Å². The molecule has 0 bridgehead atoms. The molecule has 1 aromatic heterocycles. The molecular formula is C23H25N3OS. The van der Waals surface area contributed by atoms with Crippen LogP contribution in [0.25, 0.3) is 0 Å². The molecule has 1 aromatic carbocycles. The van der Waals surface area contributed by atoms with Crippen LogP contribution in [-0.2, 0) is 24.1 Å². The maximum absolute atomic E-state index is 13.4. The first-order chi connectivity index (χ1) is 13.7. The van der Waals surface area contributed by atoms with Crippen LogP contribution in [0.3, 0.4) is 0 Å². The van der Waals surface area contributed by atoms with Crippen LogP contribution < -0.4 is 4.90 Å². The number of carbonyl (C=O) groups is 1. The Morgan fingerprint density at radius 1 is 1.21 bits per heavy atom. The summed E-state index contributed by atoms with van der Waals surface area (Å²) in [4.78, 5) is 20.1. The normalized spacial score (nSPS) is 16.6. The van der Waals surface area contributed by atoms with Crippen LogP contribution >= 0.6 is 11.8 Å². The molecule has 0 saturated carbocycles. The van der Waals surface area contributed by atoms with Crippen LogP contribution in [0.15, 0.2) is 35.4 Å². The minimum Gasteiger partial charge on any atom is -0.311 e. The maximum atomic E-state index is 13.4. The Labute approximate surface area is 171 Å². The predicted molar refractivity (Wildman–Crippen MR) is 113 cm³/mol. The second-order valence-corrected chi connectivity index (χ2v) is 8.69. The topological polar surface area (TPSA) is 57.0 Å². The number of nitrogens with zero attached hydrogens (tertiary/aromatic N) is 3. The lowest BCUT2D eigenvalue weighted by molar-refractivity contribution is -0.118. The third kappa shape index (κ3) is 3.66. The van der Waals surface area contributed by atoms with Crippen molar-refractivity contribution in [2.24, 2.45) is 0 Å². The molecule has 2 heterocycles. The van der Waals surface area contributed by atoms with Gasteiger partial charge >= 0.3 is 0 Å². The maximum Gasteiger partial charge on any atom is 0.240 e.